The second-order valence-corrected chi connectivity index (χ2v) is 8.67. The third-order valence-corrected chi connectivity index (χ3v) is 4.75. The molecule has 0 radical (unpaired) electrons. The van der Waals surface area contributed by atoms with Gasteiger partial charge in [-0.3, -0.25) is 4.79 Å². The van der Waals surface area contributed by atoms with Gasteiger partial charge in [0, 0.05) is 33.7 Å². The quantitative estimate of drug-likeness (QED) is 0.503. The van der Waals surface area contributed by atoms with Gasteiger partial charge in [-0.25, -0.2) is 4.79 Å². The molecular formula is C22H24BrN3O3. The lowest BCUT2D eigenvalue weighted by Crippen LogP contribution is -2.47. The van der Waals surface area contributed by atoms with Crippen molar-refractivity contribution < 1.29 is 14.3 Å². The van der Waals surface area contributed by atoms with Crippen molar-refractivity contribution in [3.05, 3.63) is 64.8 Å². The van der Waals surface area contributed by atoms with Crippen molar-refractivity contribution in [3.63, 3.8) is 0 Å². The second-order valence-electron chi connectivity index (χ2n) is 7.76. The minimum absolute atomic E-state index is 0.316. The maximum absolute atomic E-state index is 13.0. The van der Waals surface area contributed by atoms with Crippen molar-refractivity contribution in [2.24, 2.45) is 0 Å². The number of halogens is 1. The van der Waals surface area contributed by atoms with E-state index in [2.05, 4.69) is 31.5 Å². The van der Waals surface area contributed by atoms with E-state index < -0.39 is 17.7 Å². The van der Waals surface area contributed by atoms with Gasteiger partial charge in [0.05, 0.1) is 0 Å². The summed E-state index contributed by atoms with van der Waals surface area (Å²) in [5.74, 6) is -0.316. The first-order valence-corrected chi connectivity index (χ1v) is 10.1. The zero-order valence-corrected chi connectivity index (χ0v) is 18.2. The summed E-state index contributed by atoms with van der Waals surface area (Å²) in [6, 6.07) is 14.3. The summed E-state index contributed by atoms with van der Waals surface area (Å²) in [7, 11) is 0. The summed E-state index contributed by atoms with van der Waals surface area (Å²) < 4.78 is 6.26. The van der Waals surface area contributed by atoms with Crippen molar-refractivity contribution in [1.82, 2.24) is 10.3 Å². The number of hydrogen-bond donors (Lipinski definition) is 3. The Morgan fingerprint density at radius 2 is 1.79 bits per heavy atom. The summed E-state index contributed by atoms with van der Waals surface area (Å²) in [4.78, 5) is 28.5. The SMILES string of the molecule is CC(C)(C)OC(=O)NC(Cc1c[nH]c2ccccc12)C(=O)Nc1ccc(Br)cc1. The number of nitrogens with one attached hydrogen (secondary N) is 3. The summed E-state index contributed by atoms with van der Waals surface area (Å²) in [5, 5.41) is 6.58. The first-order chi connectivity index (χ1) is 13.7. The van der Waals surface area contributed by atoms with E-state index in [-0.39, 0.29) is 5.91 Å². The zero-order valence-electron chi connectivity index (χ0n) is 16.6. The standard InChI is InChI=1S/C22H24BrN3O3/c1-22(2,3)29-21(28)26-19(20(27)25-16-10-8-15(23)9-11-16)12-14-13-24-18-7-5-4-6-17(14)18/h4-11,13,19,24H,12H2,1-3H3,(H,25,27)(H,26,28). The van der Waals surface area contributed by atoms with Crippen LogP contribution in [0.15, 0.2) is 59.2 Å². The Balaban J connectivity index is 1.81. The molecule has 0 spiro atoms. The Bertz CT molecular complexity index is 1010. The maximum Gasteiger partial charge on any atom is 0.408 e. The molecule has 2 aromatic carbocycles. The summed E-state index contributed by atoms with van der Waals surface area (Å²) in [5.41, 5.74) is 1.91. The molecule has 0 fully saturated rings. The van der Waals surface area contributed by atoms with Crippen LogP contribution in [-0.4, -0.2) is 28.6 Å². The number of benzene rings is 2. The van der Waals surface area contributed by atoms with E-state index in [1.54, 1.807) is 32.9 Å². The number of H-pyrrole nitrogens is 1. The zero-order chi connectivity index (χ0) is 21.0. The third kappa shape index (κ3) is 5.84. The fourth-order valence-corrected chi connectivity index (χ4v) is 3.21. The van der Waals surface area contributed by atoms with Crippen LogP contribution in [0.2, 0.25) is 0 Å². The fraction of sp³-hybridized carbons (Fsp3) is 0.273. The summed E-state index contributed by atoms with van der Waals surface area (Å²) in [6.45, 7) is 5.34. The van der Waals surface area contributed by atoms with Gasteiger partial charge >= 0.3 is 6.09 Å². The Hall–Kier alpha value is -2.80. The van der Waals surface area contributed by atoms with Crippen molar-refractivity contribution in [3.8, 4) is 0 Å². The number of hydrogen-bond acceptors (Lipinski definition) is 3. The van der Waals surface area contributed by atoms with Gasteiger partial charge in [-0.1, -0.05) is 34.1 Å². The summed E-state index contributed by atoms with van der Waals surface area (Å²) >= 11 is 3.37. The van der Waals surface area contributed by atoms with Gasteiger partial charge in [-0.2, -0.15) is 0 Å². The number of carbonyl (C=O) groups is 2. The van der Waals surface area contributed by atoms with Crippen LogP contribution >= 0.6 is 15.9 Å². The molecule has 3 N–H and O–H groups in total. The normalized spacial score (nSPS) is 12.4. The molecule has 3 aromatic rings. The molecule has 3 rings (SSSR count). The number of amides is 2. The van der Waals surface area contributed by atoms with Crippen LogP contribution in [-0.2, 0) is 16.0 Å². The Morgan fingerprint density at radius 3 is 2.48 bits per heavy atom. The van der Waals surface area contributed by atoms with Crippen LogP contribution in [0.25, 0.3) is 10.9 Å². The smallest absolute Gasteiger partial charge is 0.408 e. The lowest BCUT2D eigenvalue weighted by molar-refractivity contribution is -0.118. The molecule has 0 aliphatic carbocycles. The number of ether oxygens (including phenoxy) is 1. The van der Waals surface area contributed by atoms with Gasteiger partial charge < -0.3 is 20.4 Å². The van der Waals surface area contributed by atoms with Gasteiger partial charge in [-0.15, -0.1) is 0 Å². The van der Waals surface area contributed by atoms with E-state index in [4.69, 9.17) is 4.74 Å². The first-order valence-electron chi connectivity index (χ1n) is 9.32. The predicted octanol–water partition coefficient (Wildman–Crippen LogP) is 5.00. The molecule has 0 saturated heterocycles. The second kappa shape index (κ2) is 8.69. The van der Waals surface area contributed by atoms with Crippen LogP contribution in [0, 0.1) is 0 Å². The molecule has 0 saturated carbocycles. The lowest BCUT2D eigenvalue weighted by Gasteiger charge is -2.23. The van der Waals surface area contributed by atoms with Gasteiger partial charge in [-0.05, 0) is 56.7 Å². The minimum atomic E-state index is -0.798. The molecule has 0 aliphatic rings. The van der Waals surface area contributed by atoms with Crippen LogP contribution < -0.4 is 10.6 Å². The Morgan fingerprint density at radius 1 is 1.10 bits per heavy atom. The average Bonchev–Trinajstić information content (AvgIpc) is 3.04. The number of carbonyl (C=O) groups excluding carboxylic acids is 2. The van der Waals surface area contributed by atoms with Gasteiger partial charge in [0.1, 0.15) is 11.6 Å². The molecule has 152 valence electrons. The Labute approximate surface area is 178 Å². The topological polar surface area (TPSA) is 83.2 Å². The van der Waals surface area contributed by atoms with Crippen molar-refractivity contribution in [1.29, 1.82) is 0 Å². The van der Waals surface area contributed by atoms with E-state index in [1.807, 2.05) is 42.6 Å². The molecule has 1 heterocycles. The minimum Gasteiger partial charge on any atom is -0.444 e. The third-order valence-electron chi connectivity index (χ3n) is 4.22. The number of anilines is 1. The number of aromatic nitrogens is 1. The molecule has 0 bridgehead atoms. The molecule has 29 heavy (non-hydrogen) atoms. The van der Waals surface area contributed by atoms with Gasteiger partial charge in [0.15, 0.2) is 0 Å². The molecule has 1 unspecified atom stereocenters. The van der Waals surface area contributed by atoms with Gasteiger partial charge in [0.2, 0.25) is 5.91 Å². The fourth-order valence-electron chi connectivity index (χ4n) is 2.94. The van der Waals surface area contributed by atoms with E-state index in [1.165, 1.54) is 0 Å². The first kappa shape index (κ1) is 20.9. The molecule has 6 nitrogen and oxygen atoms in total. The Kier molecular flexibility index (Phi) is 6.27. The number of para-hydroxylation sites is 1. The van der Waals surface area contributed by atoms with E-state index >= 15 is 0 Å². The molecular weight excluding hydrogens is 434 g/mol. The molecule has 1 atom stereocenters. The largest absolute Gasteiger partial charge is 0.444 e. The van der Waals surface area contributed by atoms with Crippen LogP contribution in [0.3, 0.4) is 0 Å². The van der Waals surface area contributed by atoms with E-state index in [0.717, 1.165) is 20.9 Å². The number of aromatic amines is 1. The van der Waals surface area contributed by atoms with Gasteiger partial charge in [0.25, 0.3) is 0 Å². The summed E-state index contributed by atoms with van der Waals surface area (Å²) in [6.07, 6.45) is 1.56. The maximum atomic E-state index is 13.0. The molecule has 0 aliphatic heterocycles. The van der Waals surface area contributed by atoms with E-state index in [0.29, 0.717) is 12.1 Å². The lowest BCUT2D eigenvalue weighted by atomic mass is 10.0. The highest BCUT2D eigenvalue weighted by molar-refractivity contribution is 9.10. The number of rotatable bonds is 5. The highest BCUT2D eigenvalue weighted by atomic mass is 79.9. The highest BCUT2D eigenvalue weighted by Crippen LogP contribution is 2.20. The monoisotopic (exact) mass is 457 g/mol. The van der Waals surface area contributed by atoms with Crippen molar-refractivity contribution in [2.75, 3.05) is 5.32 Å². The molecule has 1 aromatic heterocycles. The predicted molar refractivity (Wildman–Crippen MR) is 118 cm³/mol. The van der Waals surface area contributed by atoms with E-state index in [9.17, 15) is 9.59 Å². The van der Waals surface area contributed by atoms with Crippen molar-refractivity contribution >= 4 is 44.5 Å². The van der Waals surface area contributed by atoms with Crippen LogP contribution in [0.5, 0.6) is 0 Å². The van der Waals surface area contributed by atoms with Crippen molar-refractivity contribution in [2.45, 2.75) is 38.8 Å². The number of fused-ring (bicyclic) bond motifs is 1. The van der Waals surface area contributed by atoms with Crippen LogP contribution in [0.4, 0.5) is 10.5 Å². The molecule has 2 amide bonds. The average molecular weight is 458 g/mol. The number of alkyl carbamates (subject to hydrolysis) is 1. The molecule has 7 heteroatoms. The van der Waals surface area contributed by atoms with Crippen LogP contribution in [0.1, 0.15) is 26.3 Å². The highest BCUT2D eigenvalue weighted by Gasteiger charge is 2.25.